The number of methoxy groups -OCH3 is 3. The summed E-state index contributed by atoms with van der Waals surface area (Å²) in [5.74, 6) is 1.80. The Labute approximate surface area is 120 Å². The topological polar surface area (TPSA) is 62.9 Å². The maximum Gasteiger partial charge on any atom is 0.203 e. The molecule has 1 fully saturated rings. The number of nitrogens with two attached hydrogens (primary N) is 1. The summed E-state index contributed by atoms with van der Waals surface area (Å²) in [5, 5.41) is 0. The van der Waals surface area contributed by atoms with E-state index < -0.39 is 0 Å². The predicted octanol–water partition coefficient (Wildman–Crippen LogP) is 2.28. The van der Waals surface area contributed by atoms with Gasteiger partial charge in [-0.1, -0.05) is 0 Å². The van der Waals surface area contributed by atoms with Crippen LogP contribution in [0.2, 0.25) is 0 Å². The second-order valence-electron chi connectivity index (χ2n) is 5.01. The van der Waals surface area contributed by atoms with Crippen LogP contribution in [0.4, 0.5) is 0 Å². The maximum atomic E-state index is 6.35. The average Bonchev–Trinajstić information content (AvgIpc) is 2.91. The quantitative estimate of drug-likeness (QED) is 0.897. The van der Waals surface area contributed by atoms with Crippen molar-refractivity contribution < 1.29 is 18.9 Å². The van der Waals surface area contributed by atoms with E-state index in [4.69, 9.17) is 24.7 Å². The lowest BCUT2D eigenvalue weighted by molar-refractivity contribution is 0.0396. The SMILES string of the molecule is COc1ccc(C(N)C2CCC(C)O2)c(OC)c1OC. The number of ether oxygens (including phenoxy) is 4. The standard InChI is InChI=1S/C15H23NO4/c1-9-5-7-11(20-9)13(16)10-6-8-12(17-2)15(19-4)14(10)18-3/h6,8-9,11,13H,5,7,16H2,1-4H3. The molecule has 112 valence electrons. The summed E-state index contributed by atoms with van der Waals surface area (Å²) in [6.45, 7) is 2.07. The first kappa shape index (κ1) is 14.9. The van der Waals surface area contributed by atoms with E-state index in [-0.39, 0.29) is 18.2 Å². The molecule has 0 saturated carbocycles. The number of rotatable bonds is 5. The minimum Gasteiger partial charge on any atom is -0.493 e. The Morgan fingerprint density at radius 3 is 2.30 bits per heavy atom. The van der Waals surface area contributed by atoms with Gasteiger partial charge in [0.15, 0.2) is 11.5 Å². The first-order chi connectivity index (χ1) is 9.62. The molecule has 1 heterocycles. The fraction of sp³-hybridized carbons (Fsp3) is 0.600. The largest absolute Gasteiger partial charge is 0.493 e. The van der Waals surface area contributed by atoms with Crippen LogP contribution in [-0.2, 0) is 4.74 Å². The van der Waals surface area contributed by atoms with E-state index in [1.54, 1.807) is 21.3 Å². The average molecular weight is 281 g/mol. The van der Waals surface area contributed by atoms with Crippen molar-refractivity contribution in [1.29, 1.82) is 0 Å². The molecule has 0 aromatic heterocycles. The first-order valence-electron chi connectivity index (χ1n) is 6.82. The molecule has 1 aromatic rings. The van der Waals surface area contributed by atoms with Gasteiger partial charge in [-0.05, 0) is 31.9 Å². The number of benzene rings is 1. The van der Waals surface area contributed by atoms with E-state index in [0.717, 1.165) is 18.4 Å². The van der Waals surface area contributed by atoms with Crippen LogP contribution in [0.1, 0.15) is 31.4 Å². The normalized spacial score (nSPS) is 23.4. The molecule has 5 nitrogen and oxygen atoms in total. The molecule has 20 heavy (non-hydrogen) atoms. The van der Waals surface area contributed by atoms with E-state index in [1.165, 1.54) is 0 Å². The summed E-state index contributed by atoms with van der Waals surface area (Å²) < 4.78 is 22.0. The van der Waals surface area contributed by atoms with Crippen molar-refractivity contribution in [2.24, 2.45) is 5.73 Å². The summed E-state index contributed by atoms with van der Waals surface area (Å²) in [6, 6.07) is 3.52. The predicted molar refractivity (Wildman–Crippen MR) is 76.6 cm³/mol. The highest BCUT2D eigenvalue weighted by molar-refractivity contribution is 5.56. The van der Waals surface area contributed by atoms with E-state index >= 15 is 0 Å². The Kier molecular flexibility index (Phi) is 4.73. The van der Waals surface area contributed by atoms with Crippen molar-refractivity contribution in [2.75, 3.05) is 21.3 Å². The van der Waals surface area contributed by atoms with Crippen molar-refractivity contribution in [3.05, 3.63) is 17.7 Å². The maximum absolute atomic E-state index is 6.35. The number of hydrogen-bond donors (Lipinski definition) is 1. The van der Waals surface area contributed by atoms with Crippen LogP contribution in [0.25, 0.3) is 0 Å². The second kappa shape index (κ2) is 6.33. The zero-order valence-corrected chi connectivity index (χ0v) is 12.5. The zero-order chi connectivity index (χ0) is 14.7. The van der Waals surface area contributed by atoms with Crippen molar-refractivity contribution >= 4 is 0 Å². The van der Waals surface area contributed by atoms with Crippen LogP contribution in [0.15, 0.2) is 12.1 Å². The molecule has 3 atom stereocenters. The Morgan fingerprint density at radius 2 is 1.80 bits per heavy atom. The Hall–Kier alpha value is -1.46. The molecule has 1 saturated heterocycles. The first-order valence-corrected chi connectivity index (χ1v) is 6.82. The molecular weight excluding hydrogens is 258 g/mol. The summed E-state index contributed by atoms with van der Waals surface area (Å²) in [5.41, 5.74) is 7.23. The third-order valence-electron chi connectivity index (χ3n) is 3.76. The van der Waals surface area contributed by atoms with Gasteiger partial charge in [0.1, 0.15) is 0 Å². The Bertz CT molecular complexity index is 463. The van der Waals surface area contributed by atoms with Gasteiger partial charge in [0.25, 0.3) is 0 Å². The molecule has 2 N–H and O–H groups in total. The molecule has 0 spiro atoms. The fourth-order valence-corrected chi connectivity index (χ4v) is 2.68. The molecule has 2 rings (SSSR count). The van der Waals surface area contributed by atoms with Crippen LogP contribution >= 0.6 is 0 Å². The van der Waals surface area contributed by atoms with Gasteiger partial charge in [-0.3, -0.25) is 0 Å². The zero-order valence-electron chi connectivity index (χ0n) is 12.5. The lowest BCUT2D eigenvalue weighted by Gasteiger charge is -2.23. The van der Waals surface area contributed by atoms with Crippen molar-refractivity contribution in [3.63, 3.8) is 0 Å². The molecule has 5 heteroatoms. The summed E-state index contributed by atoms with van der Waals surface area (Å²) >= 11 is 0. The highest BCUT2D eigenvalue weighted by atomic mass is 16.5. The van der Waals surface area contributed by atoms with Gasteiger partial charge in [0, 0.05) is 5.56 Å². The van der Waals surface area contributed by atoms with Gasteiger partial charge in [0.05, 0.1) is 39.6 Å². The highest BCUT2D eigenvalue weighted by Crippen LogP contribution is 2.43. The van der Waals surface area contributed by atoms with E-state index in [2.05, 4.69) is 6.92 Å². The van der Waals surface area contributed by atoms with Crippen molar-refractivity contribution in [3.8, 4) is 17.2 Å². The summed E-state index contributed by atoms with van der Waals surface area (Å²) in [6.07, 6.45) is 2.27. The van der Waals surface area contributed by atoms with E-state index in [9.17, 15) is 0 Å². The molecule has 0 bridgehead atoms. The smallest absolute Gasteiger partial charge is 0.203 e. The summed E-state index contributed by atoms with van der Waals surface area (Å²) in [7, 11) is 4.79. The Morgan fingerprint density at radius 1 is 1.10 bits per heavy atom. The van der Waals surface area contributed by atoms with Gasteiger partial charge in [-0.25, -0.2) is 0 Å². The molecule has 1 aromatic carbocycles. The van der Waals surface area contributed by atoms with Gasteiger partial charge >= 0.3 is 0 Å². The van der Waals surface area contributed by atoms with Gasteiger partial charge in [0.2, 0.25) is 5.75 Å². The Balaban J connectivity index is 2.35. The van der Waals surface area contributed by atoms with Crippen LogP contribution in [0.5, 0.6) is 17.2 Å². The van der Waals surface area contributed by atoms with E-state index in [0.29, 0.717) is 17.2 Å². The van der Waals surface area contributed by atoms with Crippen molar-refractivity contribution in [2.45, 2.75) is 38.0 Å². The third kappa shape index (κ3) is 2.69. The molecular formula is C15H23NO4. The third-order valence-corrected chi connectivity index (χ3v) is 3.76. The van der Waals surface area contributed by atoms with E-state index in [1.807, 2.05) is 12.1 Å². The molecule has 0 aliphatic carbocycles. The lowest BCUT2D eigenvalue weighted by Crippen LogP contribution is -2.27. The van der Waals surface area contributed by atoms with Crippen LogP contribution in [0.3, 0.4) is 0 Å². The monoisotopic (exact) mass is 281 g/mol. The van der Waals surface area contributed by atoms with Crippen LogP contribution in [0, 0.1) is 0 Å². The summed E-state index contributed by atoms with van der Waals surface area (Å²) in [4.78, 5) is 0. The van der Waals surface area contributed by atoms with Crippen LogP contribution in [-0.4, -0.2) is 33.5 Å². The second-order valence-corrected chi connectivity index (χ2v) is 5.01. The molecule has 1 aliphatic rings. The molecule has 0 radical (unpaired) electrons. The van der Waals surface area contributed by atoms with Crippen LogP contribution < -0.4 is 19.9 Å². The van der Waals surface area contributed by atoms with Crippen molar-refractivity contribution in [1.82, 2.24) is 0 Å². The van der Waals surface area contributed by atoms with Gasteiger partial charge in [-0.15, -0.1) is 0 Å². The molecule has 3 unspecified atom stereocenters. The highest BCUT2D eigenvalue weighted by Gasteiger charge is 2.31. The van der Waals surface area contributed by atoms with Gasteiger partial charge < -0.3 is 24.7 Å². The molecule has 0 amide bonds. The van der Waals surface area contributed by atoms with Gasteiger partial charge in [-0.2, -0.15) is 0 Å². The number of hydrogen-bond acceptors (Lipinski definition) is 5. The lowest BCUT2D eigenvalue weighted by atomic mass is 9.98. The minimum absolute atomic E-state index is 0.0111. The minimum atomic E-state index is -0.241. The fourth-order valence-electron chi connectivity index (χ4n) is 2.68. The molecule has 1 aliphatic heterocycles.